The Hall–Kier alpha value is -0.780. The second-order valence-electron chi connectivity index (χ2n) is 5.01. The molecule has 0 radical (unpaired) electrons. The van der Waals surface area contributed by atoms with Crippen LogP contribution in [0, 0.1) is 0 Å². The summed E-state index contributed by atoms with van der Waals surface area (Å²) in [5.74, 6) is 0.0634. The third kappa shape index (κ3) is 2.96. The summed E-state index contributed by atoms with van der Waals surface area (Å²) < 4.78 is 4.61. The maximum absolute atomic E-state index is 12.2. The highest BCUT2D eigenvalue weighted by atomic mass is 35.5. The Kier molecular flexibility index (Phi) is 3.84. The summed E-state index contributed by atoms with van der Waals surface area (Å²) >= 11 is 8.46. The Morgan fingerprint density at radius 1 is 1.39 bits per heavy atom. The van der Waals surface area contributed by atoms with Gasteiger partial charge in [0.2, 0.25) is 0 Å². The number of aromatic nitrogens is 2. The van der Waals surface area contributed by atoms with E-state index in [1.165, 1.54) is 22.9 Å². The van der Waals surface area contributed by atoms with Crippen LogP contribution in [0.15, 0.2) is 12.1 Å². The Morgan fingerprint density at radius 2 is 2.11 bits per heavy atom. The molecule has 0 aliphatic heterocycles. The largest absolute Gasteiger partial charge is 0.293 e. The van der Waals surface area contributed by atoms with E-state index in [1.54, 1.807) is 0 Å². The molecule has 0 saturated carbocycles. The van der Waals surface area contributed by atoms with E-state index in [0.29, 0.717) is 15.6 Å². The second-order valence-corrected chi connectivity index (χ2v) is 7.56. The molecule has 96 valence electrons. The van der Waals surface area contributed by atoms with Crippen LogP contribution < -0.4 is 0 Å². The molecule has 0 spiro atoms. The van der Waals surface area contributed by atoms with Gasteiger partial charge in [0, 0.05) is 16.7 Å². The first-order chi connectivity index (χ1) is 8.38. The van der Waals surface area contributed by atoms with Gasteiger partial charge in [0.25, 0.3) is 0 Å². The van der Waals surface area contributed by atoms with Crippen molar-refractivity contribution in [2.75, 3.05) is 0 Å². The van der Waals surface area contributed by atoms with Crippen LogP contribution in [0.2, 0.25) is 4.34 Å². The molecule has 0 amide bonds. The molecule has 0 saturated heterocycles. The Bertz CT molecular complexity index is 569. The van der Waals surface area contributed by atoms with Crippen molar-refractivity contribution in [2.45, 2.75) is 32.6 Å². The molecular weight excluding hydrogens is 288 g/mol. The lowest BCUT2D eigenvalue weighted by molar-refractivity contribution is 0.0995. The van der Waals surface area contributed by atoms with E-state index in [0.717, 1.165) is 10.6 Å². The minimum Gasteiger partial charge on any atom is -0.293 e. The zero-order chi connectivity index (χ0) is 13.3. The average molecular weight is 301 g/mol. The summed E-state index contributed by atoms with van der Waals surface area (Å²) in [5.41, 5.74) is 0.616. The summed E-state index contributed by atoms with van der Waals surface area (Å²) in [6.07, 6.45) is 0.365. The lowest BCUT2D eigenvalue weighted by atomic mass is 9.90. The number of rotatable bonds is 3. The molecule has 0 N–H and O–H groups in total. The standard InChI is InChI=1S/C12H13ClN2OS2/c1-12(2,3)11-10(18-15-14-11)8(16)6-7-4-5-9(13)17-7/h4-5H,6H2,1-3H3. The smallest absolute Gasteiger partial charge is 0.181 e. The zero-order valence-electron chi connectivity index (χ0n) is 10.4. The van der Waals surface area contributed by atoms with Gasteiger partial charge in [-0.05, 0) is 23.7 Å². The molecule has 0 atom stereocenters. The molecular formula is C12H13ClN2OS2. The number of hydrogen-bond donors (Lipinski definition) is 0. The molecule has 2 heterocycles. The fourth-order valence-electron chi connectivity index (χ4n) is 1.55. The Balaban J connectivity index is 2.22. The summed E-state index contributed by atoms with van der Waals surface area (Å²) in [4.78, 5) is 13.9. The van der Waals surface area contributed by atoms with Gasteiger partial charge in [-0.15, -0.1) is 16.4 Å². The van der Waals surface area contributed by atoms with E-state index in [2.05, 4.69) is 9.59 Å². The zero-order valence-corrected chi connectivity index (χ0v) is 12.7. The van der Waals surface area contributed by atoms with Crippen LogP contribution in [-0.2, 0) is 11.8 Å². The van der Waals surface area contributed by atoms with Gasteiger partial charge in [-0.25, -0.2) is 0 Å². The number of Topliss-reactive ketones (excluding diaryl/α,β-unsaturated/α-hetero) is 1. The van der Waals surface area contributed by atoms with Gasteiger partial charge in [0.15, 0.2) is 5.78 Å². The first kappa shape index (κ1) is 13.6. The molecule has 2 aromatic rings. The third-order valence-corrected chi connectivity index (χ3v) is 4.41. The van der Waals surface area contributed by atoms with E-state index < -0.39 is 0 Å². The topological polar surface area (TPSA) is 42.9 Å². The molecule has 6 heteroatoms. The van der Waals surface area contributed by atoms with Crippen LogP contribution in [0.3, 0.4) is 0 Å². The molecule has 0 fully saturated rings. The van der Waals surface area contributed by atoms with Crippen molar-refractivity contribution >= 4 is 40.3 Å². The van der Waals surface area contributed by atoms with Crippen molar-refractivity contribution in [3.05, 3.63) is 31.9 Å². The van der Waals surface area contributed by atoms with E-state index in [4.69, 9.17) is 11.6 Å². The van der Waals surface area contributed by atoms with E-state index in [-0.39, 0.29) is 11.2 Å². The normalized spacial score (nSPS) is 11.8. The monoisotopic (exact) mass is 300 g/mol. The van der Waals surface area contributed by atoms with Gasteiger partial charge >= 0.3 is 0 Å². The summed E-state index contributed by atoms with van der Waals surface area (Å²) in [6.45, 7) is 6.09. The predicted molar refractivity (Wildman–Crippen MR) is 76.0 cm³/mol. The van der Waals surface area contributed by atoms with E-state index >= 15 is 0 Å². The second kappa shape index (κ2) is 5.07. The van der Waals surface area contributed by atoms with Crippen LogP contribution in [0.1, 0.15) is 41.0 Å². The number of nitrogens with zero attached hydrogens (tertiary/aromatic N) is 2. The molecule has 0 aliphatic rings. The minimum atomic E-state index is -0.162. The maximum atomic E-state index is 12.2. The van der Waals surface area contributed by atoms with Crippen molar-refractivity contribution < 1.29 is 4.79 Å². The predicted octanol–water partition coefficient (Wildman–Crippen LogP) is 3.98. The summed E-state index contributed by atoms with van der Waals surface area (Å²) in [7, 11) is 0. The molecule has 0 aromatic carbocycles. The maximum Gasteiger partial charge on any atom is 0.181 e. The number of ketones is 1. The molecule has 2 aromatic heterocycles. The van der Waals surface area contributed by atoms with Crippen LogP contribution in [0.25, 0.3) is 0 Å². The number of carbonyl (C=O) groups is 1. The van der Waals surface area contributed by atoms with E-state index in [9.17, 15) is 4.79 Å². The van der Waals surface area contributed by atoms with Crippen molar-refractivity contribution in [1.82, 2.24) is 9.59 Å². The number of hydrogen-bond acceptors (Lipinski definition) is 5. The lowest BCUT2D eigenvalue weighted by Gasteiger charge is -2.15. The van der Waals surface area contributed by atoms with Crippen LogP contribution in [-0.4, -0.2) is 15.4 Å². The lowest BCUT2D eigenvalue weighted by Crippen LogP contribution is -2.17. The third-order valence-electron chi connectivity index (χ3n) is 2.42. The van der Waals surface area contributed by atoms with E-state index in [1.807, 2.05) is 32.9 Å². The van der Waals surface area contributed by atoms with Crippen molar-refractivity contribution in [1.29, 1.82) is 0 Å². The quantitative estimate of drug-likeness (QED) is 0.805. The van der Waals surface area contributed by atoms with Gasteiger partial charge in [0.1, 0.15) is 4.88 Å². The van der Waals surface area contributed by atoms with Crippen LogP contribution in [0.4, 0.5) is 0 Å². The first-order valence-corrected chi connectivity index (χ1v) is 7.45. The number of carbonyl (C=O) groups excluding carboxylic acids is 1. The molecule has 3 nitrogen and oxygen atoms in total. The first-order valence-electron chi connectivity index (χ1n) is 5.48. The van der Waals surface area contributed by atoms with Crippen molar-refractivity contribution in [3.63, 3.8) is 0 Å². The molecule has 2 rings (SSSR count). The van der Waals surface area contributed by atoms with Crippen molar-refractivity contribution in [2.24, 2.45) is 0 Å². The van der Waals surface area contributed by atoms with Gasteiger partial charge in [-0.2, -0.15) is 0 Å². The van der Waals surface area contributed by atoms with Gasteiger partial charge in [-0.1, -0.05) is 36.9 Å². The molecule has 0 unspecified atom stereocenters. The Morgan fingerprint density at radius 3 is 2.67 bits per heavy atom. The summed E-state index contributed by atoms with van der Waals surface area (Å²) in [5, 5.41) is 4.08. The molecule has 0 bridgehead atoms. The van der Waals surface area contributed by atoms with Crippen LogP contribution in [0.5, 0.6) is 0 Å². The highest BCUT2D eigenvalue weighted by molar-refractivity contribution is 7.16. The summed E-state index contributed by atoms with van der Waals surface area (Å²) in [6, 6.07) is 3.69. The fourth-order valence-corrected chi connectivity index (χ4v) is 3.45. The van der Waals surface area contributed by atoms with Gasteiger partial charge < -0.3 is 0 Å². The fraction of sp³-hybridized carbons (Fsp3) is 0.417. The highest BCUT2D eigenvalue weighted by Crippen LogP contribution is 2.28. The minimum absolute atomic E-state index is 0.0634. The SMILES string of the molecule is CC(C)(C)c1nnsc1C(=O)Cc1ccc(Cl)s1. The van der Waals surface area contributed by atoms with Gasteiger partial charge in [-0.3, -0.25) is 4.79 Å². The Labute approximate surface area is 119 Å². The number of halogens is 1. The van der Waals surface area contributed by atoms with Crippen LogP contribution >= 0.6 is 34.5 Å². The highest BCUT2D eigenvalue weighted by Gasteiger charge is 2.26. The van der Waals surface area contributed by atoms with Gasteiger partial charge in [0.05, 0.1) is 10.0 Å². The number of thiophene rings is 1. The molecule has 18 heavy (non-hydrogen) atoms. The molecule has 0 aliphatic carbocycles. The van der Waals surface area contributed by atoms with Crippen molar-refractivity contribution in [3.8, 4) is 0 Å². The average Bonchev–Trinajstić information content (AvgIpc) is 2.85.